The minimum atomic E-state index is -3.07. The summed E-state index contributed by atoms with van der Waals surface area (Å²) in [5.74, 6) is 0.147. The van der Waals surface area contributed by atoms with Crippen molar-refractivity contribution in [3.05, 3.63) is 0 Å². The molecule has 1 aliphatic rings. The van der Waals surface area contributed by atoms with Crippen molar-refractivity contribution in [1.82, 2.24) is 4.90 Å². The van der Waals surface area contributed by atoms with Crippen molar-refractivity contribution in [2.75, 3.05) is 18.8 Å². The largest absolute Gasteiger partial charge is 0.287 e. The second-order valence-corrected chi connectivity index (χ2v) is 8.12. The fourth-order valence-electron chi connectivity index (χ4n) is 1.78. The van der Waals surface area contributed by atoms with E-state index in [9.17, 15) is 8.42 Å². The number of likely N-dealkylation sites (tertiary alicyclic amines) is 1. The maximum absolute atomic E-state index is 11.9. The minimum Gasteiger partial charge on any atom is -0.287 e. The molecule has 5 heteroatoms. The molecule has 1 aliphatic heterocycles. The molecule has 1 atom stereocenters. The van der Waals surface area contributed by atoms with Crippen molar-refractivity contribution in [2.24, 2.45) is 0 Å². The standard InChI is InChI=1S/C11H20N2O2S/c1-11(2,3)16(14,15)8-7-13-6-4-5-10(13)9-12/h10H,4-8H2,1-3H3. The van der Waals surface area contributed by atoms with Crippen LogP contribution >= 0.6 is 0 Å². The predicted octanol–water partition coefficient (Wildman–Crippen LogP) is 1.19. The zero-order valence-electron chi connectivity index (χ0n) is 10.2. The lowest BCUT2D eigenvalue weighted by atomic mass is 10.2. The summed E-state index contributed by atoms with van der Waals surface area (Å²) in [7, 11) is -3.07. The molecule has 0 radical (unpaired) electrons. The van der Waals surface area contributed by atoms with Gasteiger partial charge in [0.15, 0.2) is 9.84 Å². The highest BCUT2D eigenvalue weighted by Crippen LogP contribution is 2.19. The first kappa shape index (κ1) is 13.5. The van der Waals surface area contributed by atoms with Crippen molar-refractivity contribution < 1.29 is 8.42 Å². The maximum Gasteiger partial charge on any atom is 0.156 e. The van der Waals surface area contributed by atoms with E-state index >= 15 is 0 Å². The van der Waals surface area contributed by atoms with Gasteiger partial charge in [0.05, 0.1) is 22.6 Å². The normalized spacial score (nSPS) is 23.2. The van der Waals surface area contributed by atoms with Crippen molar-refractivity contribution >= 4 is 9.84 Å². The molecule has 92 valence electrons. The van der Waals surface area contributed by atoms with E-state index in [4.69, 9.17) is 5.26 Å². The highest BCUT2D eigenvalue weighted by atomic mass is 32.2. The summed E-state index contributed by atoms with van der Waals surface area (Å²) in [5.41, 5.74) is 0. The first-order valence-corrected chi connectivity index (χ1v) is 7.29. The fraction of sp³-hybridized carbons (Fsp3) is 0.909. The highest BCUT2D eigenvalue weighted by molar-refractivity contribution is 7.92. The van der Waals surface area contributed by atoms with Gasteiger partial charge in [-0.3, -0.25) is 4.90 Å². The Hall–Kier alpha value is -0.600. The Kier molecular flexibility index (Phi) is 3.97. The quantitative estimate of drug-likeness (QED) is 0.748. The Morgan fingerprint density at radius 1 is 1.44 bits per heavy atom. The second kappa shape index (κ2) is 4.72. The smallest absolute Gasteiger partial charge is 0.156 e. The summed E-state index contributed by atoms with van der Waals surface area (Å²) < 4.78 is 23.1. The zero-order valence-corrected chi connectivity index (χ0v) is 11.0. The second-order valence-electron chi connectivity index (χ2n) is 5.25. The molecule has 0 N–H and O–H groups in total. The number of rotatable bonds is 3. The summed E-state index contributed by atoms with van der Waals surface area (Å²) in [6.45, 7) is 6.48. The molecule has 16 heavy (non-hydrogen) atoms. The molecule has 1 fully saturated rings. The van der Waals surface area contributed by atoms with Gasteiger partial charge in [-0.25, -0.2) is 8.42 Å². The summed E-state index contributed by atoms with van der Waals surface area (Å²) >= 11 is 0. The topological polar surface area (TPSA) is 61.2 Å². The van der Waals surface area contributed by atoms with Crippen molar-refractivity contribution in [1.29, 1.82) is 5.26 Å². The molecular weight excluding hydrogens is 224 g/mol. The molecule has 0 aromatic rings. The molecule has 0 saturated carbocycles. The van der Waals surface area contributed by atoms with Crippen LogP contribution in [-0.4, -0.2) is 42.9 Å². The van der Waals surface area contributed by atoms with E-state index in [1.807, 2.05) is 4.90 Å². The number of sulfone groups is 1. The van der Waals surface area contributed by atoms with Crippen LogP contribution in [0.3, 0.4) is 0 Å². The van der Waals surface area contributed by atoms with Crippen LogP contribution < -0.4 is 0 Å². The van der Waals surface area contributed by atoms with E-state index in [0.717, 1.165) is 19.4 Å². The van der Waals surface area contributed by atoms with Crippen LogP contribution in [0.5, 0.6) is 0 Å². The summed E-state index contributed by atoms with van der Waals surface area (Å²) in [6, 6.07) is 2.13. The van der Waals surface area contributed by atoms with Crippen molar-refractivity contribution in [3.63, 3.8) is 0 Å². The van der Waals surface area contributed by atoms with Crippen LogP contribution in [0.25, 0.3) is 0 Å². The van der Waals surface area contributed by atoms with E-state index in [1.54, 1.807) is 20.8 Å². The third-order valence-corrected chi connectivity index (χ3v) is 5.68. The van der Waals surface area contributed by atoms with E-state index in [1.165, 1.54) is 0 Å². The van der Waals surface area contributed by atoms with Crippen LogP contribution in [0.2, 0.25) is 0 Å². The summed E-state index contributed by atoms with van der Waals surface area (Å²) in [4.78, 5) is 1.98. The Labute approximate surface area is 98.2 Å². The van der Waals surface area contributed by atoms with Gasteiger partial charge in [0.2, 0.25) is 0 Å². The van der Waals surface area contributed by atoms with Gasteiger partial charge < -0.3 is 0 Å². The molecule has 0 aliphatic carbocycles. The first-order chi connectivity index (χ1) is 7.28. The third kappa shape index (κ3) is 2.96. The molecule has 0 spiro atoms. The molecular formula is C11H20N2O2S. The predicted molar refractivity (Wildman–Crippen MR) is 63.7 cm³/mol. The first-order valence-electron chi connectivity index (χ1n) is 5.64. The van der Waals surface area contributed by atoms with Crippen LogP contribution in [0, 0.1) is 11.3 Å². The van der Waals surface area contributed by atoms with E-state index in [0.29, 0.717) is 6.54 Å². The van der Waals surface area contributed by atoms with Crippen LogP contribution in [0.15, 0.2) is 0 Å². The lowest BCUT2D eigenvalue weighted by Crippen LogP contribution is -2.38. The number of nitriles is 1. The third-order valence-electron chi connectivity index (χ3n) is 3.09. The zero-order chi connectivity index (χ0) is 12.4. The van der Waals surface area contributed by atoms with Gasteiger partial charge in [0, 0.05) is 6.54 Å². The summed E-state index contributed by atoms with van der Waals surface area (Å²) in [6.07, 6.45) is 1.86. The molecule has 1 heterocycles. The lowest BCUT2D eigenvalue weighted by molar-refractivity contribution is 0.311. The number of nitrogens with zero attached hydrogens (tertiary/aromatic N) is 2. The van der Waals surface area contributed by atoms with E-state index in [2.05, 4.69) is 6.07 Å². The number of hydrogen-bond donors (Lipinski definition) is 0. The maximum atomic E-state index is 11.9. The number of hydrogen-bond acceptors (Lipinski definition) is 4. The van der Waals surface area contributed by atoms with Gasteiger partial charge in [-0.1, -0.05) is 0 Å². The van der Waals surface area contributed by atoms with Gasteiger partial charge in [0.25, 0.3) is 0 Å². The molecule has 0 aromatic heterocycles. The Morgan fingerprint density at radius 2 is 2.06 bits per heavy atom. The molecule has 0 bridgehead atoms. The SMILES string of the molecule is CC(C)(C)S(=O)(=O)CCN1CCCC1C#N. The fourth-order valence-corrected chi connectivity index (χ4v) is 2.87. The van der Waals surface area contributed by atoms with Crippen LogP contribution in [0.1, 0.15) is 33.6 Å². The Bertz CT molecular complexity index is 376. The van der Waals surface area contributed by atoms with Crippen molar-refractivity contribution in [2.45, 2.75) is 44.4 Å². The summed E-state index contributed by atoms with van der Waals surface area (Å²) in [5, 5.41) is 8.88. The molecule has 1 saturated heterocycles. The van der Waals surface area contributed by atoms with Crippen molar-refractivity contribution in [3.8, 4) is 6.07 Å². The van der Waals surface area contributed by atoms with E-state index in [-0.39, 0.29) is 11.8 Å². The van der Waals surface area contributed by atoms with Gasteiger partial charge >= 0.3 is 0 Å². The van der Waals surface area contributed by atoms with Gasteiger partial charge in [-0.05, 0) is 40.2 Å². The highest BCUT2D eigenvalue weighted by Gasteiger charge is 2.31. The minimum absolute atomic E-state index is 0.0878. The molecule has 0 aromatic carbocycles. The molecule has 0 amide bonds. The van der Waals surface area contributed by atoms with Gasteiger partial charge in [-0.2, -0.15) is 5.26 Å². The lowest BCUT2D eigenvalue weighted by Gasteiger charge is -2.23. The molecule has 1 rings (SSSR count). The molecule has 1 unspecified atom stereocenters. The Balaban J connectivity index is 2.56. The van der Waals surface area contributed by atoms with Crippen LogP contribution in [-0.2, 0) is 9.84 Å². The van der Waals surface area contributed by atoms with Crippen LogP contribution in [0.4, 0.5) is 0 Å². The molecule has 4 nitrogen and oxygen atoms in total. The van der Waals surface area contributed by atoms with Gasteiger partial charge in [0.1, 0.15) is 0 Å². The Morgan fingerprint density at radius 3 is 2.56 bits per heavy atom. The average molecular weight is 244 g/mol. The monoisotopic (exact) mass is 244 g/mol. The van der Waals surface area contributed by atoms with Gasteiger partial charge in [-0.15, -0.1) is 0 Å². The average Bonchev–Trinajstić information content (AvgIpc) is 2.60. The van der Waals surface area contributed by atoms with E-state index < -0.39 is 14.6 Å².